The van der Waals surface area contributed by atoms with Crippen molar-refractivity contribution in [3.8, 4) is 0 Å². The summed E-state index contributed by atoms with van der Waals surface area (Å²) >= 11 is 0. The SMILES string of the molecule is CCNC(=NCCCc1cnn(C)c1)N1CC(C)C(C(=O)OC)C1.I. The lowest BCUT2D eigenvalue weighted by molar-refractivity contribution is -0.145. The minimum absolute atomic E-state index is 0. The molecular weight excluding hydrogens is 433 g/mol. The number of aliphatic imine (C=N–C) groups is 1. The zero-order chi connectivity index (χ0) is 17.5. The van der Waals surface area contributed by atoms with E-state index in [0.29, 0.717) is 6.54 Å². The number of aryl methyl sites for hydroxylation is 2. The molecule has 0 bridgehead atoms. The van der Waals surface area contributed by atoms with Crippen LogP contribution in [0.2, 0.25) is 0 Å². The Bertz CT molecular complexity index is 575. The van der Waals surface area contributed by atoms with Gasteiger partial charge in [-0.2, -0.15) is 5.10 Å². The first-order valence-electron chi connectivity index (χ1n) is 8.63. The molecule has 0 spiro atoms. The van der Waals surface area contributed by atoms with Crippen molar-refractivity contribution in [2.75, 3.05) is 33.3 Å². The van der Waals surface area contributed by atoms with Gasteiger partial charge in [0, 0.05) is 39.4 Å². The number of likely N-dealkylation sites (tertiary alicyclic amines) is 1. The van der Waals surface area contributed by atoms with Crippen molar-refractivity contribution < 1.29 is 9.53 Å². The lowest BCUT2D eigenvalue weighted by atomic mass is 9.99. The van der Waals surface area contributed by atoms with Gasteiger partial charge < -0.3 is 15.0 Å². The number of hydrogen-bond donors (Lipinski definition) is 1. The maximum Gasteiger partial charge on any atom is 0.310 e. The third-order valence-electron chi connectivity index (χ3n) is 4.39. The number of hydrogen-bond acceptors (Lipinski definition) is 4. The molecule has 1 aromatic rings. The number of aromatic nitrogens is 2. The number of guanidine groups is 1. The monoisotopic (exact) mass is 463 g/mol. The lowest BCUT2D eigenvalue weighted by Crippen LogP contribution is -2.40. The number of methoxy groups -OCH3 is 1. The van der Waals surface area contributed by atoms with Gasteiger partial charge in [-0.25, -0.2) is 0 Å². The van der Waals surface area contributed by atoms with Crippen LogP contribution in [-0.2, 0) is 23.0 Å². The molecule has 2 heterocycles. The molecule has 0 aliphatic carbocycles. The number of halogens is 1. The van der Waals surface area contributed by atoms with Crippen LogP contribution in [0.4, 0.5) is 0 Å². The number of nitrogens with one attached hydrogen (secondary N) is 1. The summed E-state index contributed by atoms with van der Waals surface area (Å²) in [6.45, 7) is 7.21. The van der Waals surface area contributed by atoms with E-state index in [1.165, 1.54) is 12.7 Å². The van der Waals surface area contributed by atoms with E-state index in [2.05, 4.69) is 29.2 Å². The lowest BCUT2D eigenvalue weighted by Gasteiger charge is -2.21. The quantitative estimate of drug-likeness (QED) is 0.229. The molecule has 1 fully saturated rings. The summed E-state index contributed by atoms with van der Waals surface area (Å²) in [6, 6.07) is 0. The first-order valence-corrected chi connectivity index (χ1v) is 8.63. The highest BCUT2D eigenvalue weighted by atomic mass is 127. The molecule has 7 nitrogen and oxygen atoms in total. The van der Waals surface area contributed by atoms with E-state index in [4.69, 9.17) is 9.73 Å². The molecule has 1 N–H and O–H groups in total. The molecule has 0 radical (unpaired) electrons. The summed E-state index contributed by atoms with van der Waals surface area (Å²) in [5.74, 6) is 0.963. The molecule has 2 rings (SSSR count). The van der Waals surface area contributed by atoms with E-state index in [0.717, 1.165) is 38.4 Å². The molecule has 1 aliphatic rings. The molecule has 142 valence electrons. The first-order chi connectivity index (χ1) is 11.5. The normalized spacial score (nSPS) is 20.3. The summed E-state index contributed by atoms with van der Waals surface area (Å²) in [6.07, 6.45) is 5.89. The molecule has 1 aliphatic heterocycles. The highest BCUT2D eigenvalue weighted by Crippen LogP contribution is 2.24. The van der Waals surface area contributed by atoms with Crippen molar-refractivity contribution in [3.05, 3.63) is 18.0 Å². The number of ether oxygens (including phenoxy) is 1. The van der Waals surface area contributed by atoms with Gasteiger partial charge in [0.1, 0.15) is 0 Å². The maximum absolute atomic E-state index is 11.9. The Hall–Kier alpha value is -1.32. The number of nitrogens with zero attached hydrogens (tertiary/aromatic N) is 4. The van der Waals surface area contributed by atoms with Crippen LogP contribution in [-0.4, -0.2) is 59.9 Å². The van der Waals surface area contributed by atoms with E-state index in [1.807, 2.05) is 24.1 Å². The zero-order valence-corrected chi connectivity index (χ0v) is 17.9. The summed E-state index contributed by atoms with van der Waals surface area (Å²) in [5.41, 5.74) is 1.23. The molecular formula is C17H30IN5O2. The molecule has 1 aromatic heterocycles. The van der Waals surface area contributed by atoms with Crippen LogP contribution in [0.5, 0.6) is 0 Å². The molecule has 8 heteroatoms. The summed E-state index contributed by atoms with van der Waals surface area (Å²) in [7, 11) is 3.38. The third-order valence-corrected chi connectivity index (χ3v) is 4.39. The Morgan fingerprint density at radius 3 is 2.84 bits per heavy atom. The fourth-order valence-corrected chi connectivity index (χ4v) is 3.09. The number of esters is 1. The molecule has 2 atom stereocenters. The minimum Gasteiger partial charge on any atom is -0.469 e. The zero-order valence-electron chi connectivity index (χ0n) is 15.6. The predicted molar refractivity (Wildman–Crippen MR) is 109 cm³/mol. The largest absolute Gasteiger partial charge is 0.469 e. The molecule has 0 aromatic carbocycles. The van der Waals surface area contributed by atoms with Crippen LogP contribution in [0, 0.1) is 11.8 Å². The van der Waals surface area contributed by atoms with Gasteiger partial charge in [0.15, 0.2) is 5.96 Å². The highest BCUT2D eigenvalue weighted by molar-refractivity contribution is 14.0. The molecule has 25 heavy (non-hydrogen) atoms. The number of carbonyl (C=O) groups excluding carboxylic acids is 1. The number of rotatable bonds is 6. The Balaban J connectivity index is 0.00000312. The van der Waals surface area contributed by atoms with E-state index >= 15 is 0 Å². The van der Waals surface area contributed by atoms with Crippen molar-refractivity contribution in [1.29, 1.82) is 0 Å². The second-order valence-corrected chi connectivity index (χ2v) is 6.37. The Kier molecular flexibility index (Phi) is 9.23. The van der Waals surface area contributed by atoms with Crippen molar-refractivity contribution in [2.45, 2.75) is 26.7 Å². The smallest absolute Gasteiger partial charge is 0.310 e. The van der Waals surface area contributed by atoms with Crippen molar-refractivity contribution in [3.63, 3.8) is 0 Å². The second kappa shape index (κ2) is 10.6. The first kappa shape index (κ1) is 21.7. The van der Waals surface area contributed by atoms with E-state index in [-0.39, 0.29) is 41.8 Å². The van der Waals surface area contributed by atoms with Gasteiger partial charge in [-0.3, -0.25) is 14.5 Å². The molecule has 0 saturated carbocycles. The summed E-state index contributed by atoms with van der Waals surface area (Å²) in [4.78, 5) is 18.7. The van der Waals surface area contributed by atoms with E-state index in [1.54, 1.807) is 0 Å². The molecule has 0 amide bonds. The van der Waals surface area contributed by atoms with E-state index < -0.39 is 0 Å². The van der Waals surface area contributed by atoms with Crippen LogP contribution < -0.4 is 5.32 Å². The van der Waals surface area contributed by atoms with Crippen molar-refractivity contribution in [1.82, 2.24) is 20.0 Å². The topological polar surface area (TPSA) is 71.8 Å². The molecule has 1 saturated heterocycles. The van der Waals surface area contributed by atoms with Gasteiger partial charge in [0.05, 0.1) is 19.2 Å². The number of carbonyl (C=O) groups is 1. The fourth-order valence-electron chi connectivity index (χ4n) is 3.09. The maximum atomic E-state index is 11.9. The van der Waals surface area contributed by atoms with Gasteiger partial charge in [-0.05, 0) is 31.2 Å². The average Bonchev–Trinajstić information content (AvgIpc) is 3.15. The predicted octanol–water partition coefficient (Wildman–Crippen LogP) is 1.68. The Labute approximate surface area is 167 Å². The van der Waals surface area contributed by atoms with Crippen LogP contribution in [0.25, 0.3) is 0 Å². The van der Waals surface area contributed by atoms with Gasteiger partial charge in [0.25, 0.3) is 0 Å². The van der Waals surface area contributed by atoms with Gasteiger partial charge >= 0.3 is 5.97 Å². The summed E-state index contributed by atoms with van der Waals surface area (Å²) < 4.78 is 6.73. The van der Waals surface area contributed by atoms with Crippen LogP contribution in [0.15, 0.2) is 17.4 Å². The average molecular weight is 463 g/mol. The molecule has 2 unspecified atom stereocenters. The summed E-state index contributed by atoms with van der Waals surface area (Å²) in [5, 5.41) is 7.51. The minimum atomic E-state index is -0.127. The van der Waals surface area contributed by atoms with E-state index in [9.17, 15) is 4.79 Å². The van der Waals surface area contributed by atoms with Gasteiger partial charge in [-0.15, -0.1) is 24.0 Å². The third kappa shape index (κ3) is 6.16. The van der Waals surface area contributed by atoms with Crippen LogP contribution >= 0.6 is 24.0 Å². The van der Waals surface area contributed by atoms with Gasteiger partial charge in [-0.1, -0.05) is 6.92 Å². The fraction of sp³-hybridized carbons (Fsp3) is 0.706. The Morgan fingerprint density at radius 1 is 1.48 bits per heavy atom. The Morgan fingerprint density at radius 2 is 2.24 bits per heavy atom. The van der Waals surface area contributed by atoms with Crippen LogP contribution in [0.1, 0.15) is 25.8 Å². The highest BCUT2D eigenvalue weighted by Gasteiger charge is 2.36. The second-order valence-electron chi connectivity index (χ2n) is 6.37. The van der Waals surface area contributed by atoms with Crippen molar-refractivity contribution >= 4 is 35.9 Å². The van der Waals surface area contributed by atoms with Gasteiger partial charge in [0.2, 0.25) is 0 Å². The van der Waals surface area contributed by atoms with Crippen molar-refractivity contribution in [2.24, 2.45) is 23.9 Å². The standard InChI is InChI=1S/C17H29N5O2.HI/c1-5-18-17(19-8-6-7-14-9-20-21(3)11-14)22-10-13(2)15(12-22)16(23)24-4;/h9,11,13,15H,5-8,10,12H2,1-4H3,(H,18,19);1H. The van der Waals surface area contributed by atoms with Crippen LogP contribution in [0.3, 0.4) is 0 Å².